The van der Waals surface area contributed by atoms with Crippen molar-refractivity contribution in [3.05, 3.63) is 11.6 Å². The third-order valence-corrected chi connectivity index (χ3v) is 11.3. The van der Waals surface area contributed by atoms with Crippen molar-refractivity contribution in [3.63, 3.8) is 0 Å². The first-order valence-corrected chi connectivity index (χ1v) is 13.6. The van der Waals surface area contributed by atoms with Crippen LogP contribution in [0.15, 0.2) is 11.6 Å². The highest BCUT2D eigenvalue weighted by atomic mass is 16.3. The molecule has 0 saturated heterocycles. The molecular formula is C29H50O. The number of allylic oxidation sites excluding steroid dienone is 2. The maximum Gasteiger partial charge on any atom is 0.0602 e. The van der Waals surface area contributed by atoms with Crippen LogP contribution in [0, 0.1) is 52.3 Å². The van der Waals surface area contributed by atoms with E-state index in [1.54, 1.807) is 5.57 Å². The van der Waals surface area contributed by atoms with Gasteiger partial charge < -0.3 is 5.11 Å². The first-order chi connectivity index (χ1) is 14.2. The van der Waals surface area contributed by atoms with Crippen LogP contribution in [0.3, 0.4) is 0 Å². The van der Waals surface area contributed by atoms with Crippen LogP contribution in [0.5, 0.6) is 0 Å². The Morgan fingerprint density at radius 1 is 1.00 bits per heavy atom. The fourth-order valence-corrected chi connectivity index (χ4v) is 9.23. The Kier molecular flexibility index (Phi) is 6.53. The number of rotatable bonds is 6. The van der Waals surface area contributed by atoms with Crippen LogP contribution in [0.2, 0.25) is 0 Å². The van der Waals surface area contributed by atoms with Crippen LogP contribution >= 0.6 is 0 Å². The number of aliphatic hydroxyl groups excluding tert-OH is 1. The quantitative estimate of drug-likeness (QED) is 0.436. The van der Waals surface area contributed by atoms with Gasteiger partial charge in [0, 0.05) is 5.41 Å². The Morgan fingerprint density at radius 3 is 2.47 bits per heavy atom. The molecule has 0 bridgehead atoms. The topological polar surface area (TPSA) is 20.2 Å². The lowest BCUT2D eigenvalue weighted by Crippen LogP contribution is -2.54. The molecule has 0 radical (unpaired) electrons. The molecular weight excluding hydrogens is 364 g/mol. The van der Waals surface area contributed by atoms with E-state index in [-0.39, 0.29) is 11.5 Å². The molecule has 1 nitrogen and oxygen atoms in total. The maximum atomic E-state index is 11.1. The van der Waals surface area contributed by atoms with E-state index in [0.717, 1.165) is 41.9 Å². The summed E-state index contributed by atoms with van der Waals surface area (Å²) in [5, 5.41) is 11.1. The molecule has 1 N–H and O–H groups in total. The van der Waals surface area contributed by atoms with E-state index in [4.69, 9.17) is 0 Å². The largest absolute Gasteiger partial charge is 0.393 e. The van der Waals surface area contributed by atoms with Gasteiger partial charge in [0.15, 0.2) is 0 Å². The van der Waals surface area contributed by atoms with Gasteiger partial charge in [0.1, 0.15) is 0 Å². The van der Waals surface area contributed by atoms with Gasteiger partial charge in [-0.15, -0.1) is 0 Å². The van der Waals surface area contributed by atoms with Crippen molar-refractivity contribution in [2.75, 3.05) is 0 Å². The van der Waals surface area contributed by atoms with Crippen molar-refractivity contribution < 1.29 is 5.11 Å². The molecule has 1 heteroatoms. The molecule has 0 amide bonds. The Morgan fingerprint density at radius 2 is 1.77 bits per heavy atom. The van der Waals surface area contributed by atoms with Crippen molar-refractivity contribution in [2.45, 2.75) is 118 Å². The second kappa shape index (κ2) is 8.57. The summed E-state index contributed by atoms with van der Waals surface area (Å²) in [6, 6.07) is 0. The van der Waals surface area contributed by atoms with Gasteiger partial charge in [-0.3, -0.25) is 0 Å². The highest BCUT2D eigenvalue weighted by molar-refractivity contribution is 5.28. The van der Waals surface area contributed by atoms with Crippen LogP contribution in [0.1, 0.15) is 112 Å². The summed E-state index contributed by atoms with van der Waals surface area (Å²) in [7, 11) is 0. The number of hydrogen-bond donors (Lipinski definition) is 1. The summed E-state index contributed by atoms with van der Waals surface area (Å²) >= 11 is 0. The van der Waals surface area contributed by atoms with Gasteiger partial charge in [0.2, 0.25) is 0 Å². The molecule has 0 spiro atoms. The van der Waals surface area contributed by atoms with E-state index in [1.165, 1.54) is 64.2 Å². The number of aliphatic hydroxyl groups is 1. The molecule has 172 valence electrons. The van der Waals surface area contributed by atoms with Gasteiger partial charge in [-0.2, -0.15) is 0 Å². The zero-order valence-electron chi connectivity index (χ0n) is 20.9. The standard InChI is InChI=1S/C29H50O/c1-7-21(19(2)3)12-11-20(4)24-15-16-25-23-14-13-22-9-8-10-27(30)29(22,6)26(23)17-18-28(24,25)5/h14,19-22,24-27,30H,7-13,15-18H2,1-6H3/t20-,21-,22?,24-,25+,26+,27?,28-,29+/m1/s1. The van der Waals surface area contributed by atoms with Gasteiger partial charge in [0.05, 0.1) is 6.10 Å². The Balaban J connectivity index is 1.50. The molecule has 4 rings (SSSR count). The van der Waals surface area contributed by atoms with E-state index in [9.17, 15) is 5.11 Å². The SMILES string of the molecule is CC[C@H](CC[C@@H](C)[C@H]1CC[C@H]2C3=CCC4CCCC(O)[C@]4(C)[C@H]3CC[C@]12C)C(C)C. The van der Waals surface area contributed by atoms with Gasteiger partial charge in [-0.1, -0.05) is 72.5 Å². The summed E-state index contributed by atoms with van der Waals surface area (Å²) in [6.45, 7) is 14.9. The Bertz CT molecular complexity index is 634. The molecule has 0 aromatic rings. The third-order valence-electron chi connectivity index (χ3n) is 11.3. The minimum Gasteiger partial charge on any atom is -0.393 e. The minimum atomic E-state index is -0.0764. The molecule has 0 heterocycles. The smallest absolute Gasteiger partial charge is 0.0602 e. The zero-order chi connectivity index (χ0) is 21.7. The predicted octanol–water partition coefficient (Wildman–Crippen LogP) is 8.02. The summed E-state index contributed by atoms with van der Waals surface area (Å²) in [5.74, 6) is 5.66. The van der Waals surface area contributed by atoms with Gasteiger partial charge >= 0.3 is 0 Å². The minimum absolute atomic E-state index is 0.0764. The van der Waals surface area contributed by atoms with Crippen LogP contribution < -0.4 is 0 Å². The lowest BCUT2D eigenvalue weighted by molar-refractivity contribution is -0.0959. The Labute approximate surface area is 187 Å². The molecule has 0 aliphatic heterocycles. The van der Waals surface area contributed by atoms with Gasteiger partial charge in [0.25, 0.3) is 0 Å². The molecule has 4 aliphatic rings. The molecule has 3 fully saturated rings. The second-order valence-electron chi connectivity index (χ2n) is 12.7. The van der Waals surface area contributed by atoms with Gasteiger partial charge in [-0.05, 0) is 98.2 Å². The highest BCUT2D eigenvalue weighted by Crippen LogP contribution is 2.67. The van der Waals surface area contributed by atoms with Crippen molar-refractivity contribution in [1.29, 1.82) is 0 Å². The van der Waals surface area contributed by atoms with Crippen LogP contribution in [-0.2, 0) is 0 Å². The van der Waals surface area contributed by atoms with Crippen LogP contribution in [0.4, 0.5) is 0 Å². The van der Waals surface area contributed by atoms with Crippen molar-refractivity contribution in [2.24, 2.45) is 52.3 Å². The Hall–Kier alpha value is -0.300. The third kappa shape index (κ3) is 3.54. The van der Waals surface area contributed by atoms with Gasteiger partial charge in [-0.25, -0.2) is 0 Å². The fraction of sp³-hybridized carbons (Fsp3) is 0.931. The summed E-state index contributed by atoms with van der Waals surface area (Å²) < 4.78 is 0. The van der Waals surface area contributed by atoms with Crippen LogP contribution in [-0.4, -0.2) is 11.2 Å². The molecule has 3 saturated carbocycles. The highest BCUT2D eigenvalue weighted by Gasteiger charge is 2.59. The lowest BCUT2D eigenvalue weighted by atomic mass is 9.47. The first kappa shape index (κ1) is 22.9. The van der Waals surface area contributed by atoms with Crippen molar-refractivity contribution >= 4 is 0 Å². The van der Waals surface area contributed by atoms with E-state index >= 15 is 0 Å². The average Bonchev–Trinajstić information content (AvgIpc) is 3.06. The molecule has 4 aliphatic carbocycles. The van der Waals surface area contributed by atoms with E-state index in [0.29, 0.717) is 11.3 Å². The molecule has 30 heavy (non-hydrogen) atoms. The first-order valence-electron chi connectivity index (χ1n) is 13.6. The maximum absolute atomic E-state index is 11.1. The number of hydrogen-bond acceptors (Lipinski definition) is 1. The van der Waals surface area contributed by atoms with E-state index in [2.05, 4.69) is 47.6 Å². The fourth-order valence-electron chi connectivity index (χ4n) is 9.23. The number of fused-ring (bicyclic) bond motifs is 5. The molecule has 2 unspecified atom stereocenters. The second-order valence-corrected chi connectivity index (χ2v) is 12.7. The molecule has 9 atom stereocenters. The predicted molar refractivity (Wildman–Crippen MR) is 128 cm³/mol. The average molecular weight is 415 g/mol. The summed E-state index contributed by atoms with van der Waals surface area (Å²) in [6.07, 6.45) is 17.2. The summed E-state index contributed by atoms with van der Waals surface area (Å²) in [4.78, 5) is 0. The van der Waals surface area contributed by atoms with Crippen molar-refractivity contribution in [3.8, 4) is 0 Å². The van der Waals surface area contributed by atoms with Crippen molar-refractivity contribution in [1.82, 2.24) is 0 Å². The van der Waals surface area contributed by atoms with E-state index < -0.39 is 0 Å². The van der Waals surface area contributed by atoms with Crippen LogP contribution in [0.25, 0.3) is 0 Å². The monoisotopic (exact) mass is 414 g/mol. The lowest BCUT2D eigenvalue weighted by Gasteiger charge is -2.58. The van der Waals surface area contributed by atoms with E-state index in [1.807, 2.05) is 0 Å². The molecule has 0 aromatic carbocycles. The molecule has 0 aromatic heterocycles. The zero-order valence-corrected chi connectivity index (χ0v) is 20.9. The normalized spacial score (nSPS) is 45.3. The summed E-state index contributed by atoms with van der Waals surface area (Å²) in [5.41, 5.74) is 2.45.